The number of phenols is 8. The number of hydrogen-bond donors (Lipinski definition) is 8. The summed E-state index contributed by atoms with van der Waals surface area (Å²) in [6.45, 7) is 0. The van der Waals surface area contributed by atoms with Crippen molar-refractivity contribution < 1.29 is 45.3 Å². The van der Waals surface area contributed by atoms with Gasteiger partial charge in [0.05, 0.1) is 0 Å². The van der Waals surface area contributed by atoms with Crippen molar-refractivity contribution in [3.05, 3.63) is 113 Å². The summed E-state index contributed by atoms with van der Waals surface area (Å²) in [5.41, 5.74) is 5.77. The molecule has 0 spiro atoms. The number of benzene rings is 6. The molecular weight excluding hydrogens is 672 g/mol. The van der Waals surface area contributed by atoms with Gasteiger partial charge in [-0.2, -0.15) is 0 Å². The molecule has 1 aromatic heterocycles. The lowest BCUT2D eigenvalue weighted by Crippen LogP contribution is -2.01. The van der Waals surface area contributed by atoms with Crippen molar-refractivity contribution in [1.82, 2.24) is 0 Å². The summed E-state index contributed by atoms with van der Waals surface area (Å²) in [5, 5.41) is 91.1. The number of aromatic hydroxyl groups is 8. The molecule has 0 saturated heterocycles. The average Bonchev–Trinajstić information content (AvgIpc) is 3.58. The van der Waals surface area contributed by atoms with Crippen molar-refractivity contribution >= 4 is 49.7 Å². The Morgan fingerprint density at radius 2 is 1.04 bits per heavy atom. The van der Waals surface area contributed by atoms with E-state index in [0.717, 1.165) is 40.5 Å². The van der Waals surface area contributed by atoms with Crippen LogP contribution in [0.2, 0.25) is 0 Å². The van der Waals surface area contributed by atoms with Gasteiger partial charge in [0.2, 0.25) is 23.0 Å². The molecule has 0 atom stereocenters. The topological polar surface area (TPSA) is 175 Å². The Balaban J connectivity index is 1.42. The Labute approximate surface area is 301 Å². The lowest BCUT2D eigenvalue weighted by molar-refractivity contribution is 0.350. The van der Waals surface area contributed by atoms with E-state index in [1.165, 1.54) is 0 Å². The first-order valence-electron chi connectivity index (χ1n) is 17.2. The van der Waals surface area contributed by atoms with Gasteiger partial charge in [0.1, 0.15) is 11.3 Å². The molecule has 1 heterocycles. The van der Waals surface area contributed by atoms with E-state index in [1.54, 1.807) is 24.3 Å². The molecule has 9 nitrogen and oxygen atoms in total. The van der Waals surface area contributed by atoms with Crippen LogP contribution in [0.4, 0.5) is 0 Å². The number of aryl methyl sites for hydroxylation is 1. The predicted octanol–water partition coefficient (Wildman–Crippen LogP) is 9.94. The van der Waals surface area contributed by atoms with Gasteiger partial charge in [-0.25, -0.2) is 0 Å². The molecule has 7 aromatic rings. The smallest absolute Gasteiger partial charge is 0.204 e. The lowest BCUT2D eigenvalue weighted by atomic mass is 9.80. The molecule has 0 radical (unpaired) electrons. The number of rotatable bonds is 4. The maximum Gasteiger partial charge on any atom is 0.204 e. The largest absolute Gasteiger partial charge is 0.504 e. The minimum Gasteiger partial charge on any atom is -0.504 e. The van der Waals surface area contributed by atoms with Crippen LogP contribution < -0.4 is 0 Å². The number of hydrogen-bond acceptors (Lipinski definition) is 9. The molecule has 0 saturated carbocycles. The predicted molar refractivity (Wildman–Crippen MR) is 204 cm³/mol. The third-order valence-electron chi connectivity index (χ3n) is 10.5. The molecule has 0 amide bonds. The summed E-state index contributed by atoms with van der Waals surface area (Å²) in [5.74, 6) is -6.56. The van der Waals surface area contributed by atoms with E-state index in [4.69, 9.17) is 4.42 Å². The number of fused-ring (bicyclic) bond motifs is 5. The summed E-state index contributed by atoms with van der Waals surface area (Å²) in [6.07, 6.45) is 10.8. The fraction of sp³-hybridized carbons (Fsp3) is 0.0909. The zero-order valence-electron chi connectivity index (χ0n) is 28.1. The molecule has 9 rings (SSSR count). The monoisotopic (exact) mass is 704 g/mol. The standard InChI is InChI=1S/C44H32O9/c45-37-33-31(24-18-19-30-28(20-24)26-11-6-7-13-29(26)53-30)34-36(40(48)44(52)42(50)38(34)46)32(35(33)39(47)43(51)41(37)49)27-12-5-4-10-25(27)23-16-14-22(15-17-23)21-8-2-1-3-9-21/h2,4-17,20,45-52H,1,3,18-19H2. The van der Waals surface area contributed by atoms with E-state index < -0.39 is 46.0 Å². The molecular formula is C44H32O9. The van der Waals surface area contributed by atoms with Crippen LogP contribution in [-0.4, -0.2) is 40.9 Å². The van der Waals surface area contributed by atoms with Crippen LogP contribution in [0.3, 0.4) is 0 Å². The van der Waals surface area contributed by atoms with Gasteiger partial charge in [-0.3, -0.25) is 0 Å². The number of phenolic OH excluding ortho intramolecular Hbond substituents is 8. The van der Waals surface area contributed by atoms with Crippen LogP contribution in [0.15, 0.2) is 95.4 Å². The fourth-order valence-electron chi connectivity index (χ4n) is 7.98. The highest BCUT2D eigenvalue weighted by Gasteiger charge is 2.34. The summed E-state index contributed by atoms with van der Waals surface area (Å²) < 4.78 is 6.10. The van der Waals surface area contributed by atoms with Crippen molar-refractivity contribution in [2.75, 3.05) is 0 Å². The van der Waals surface area contributed by atoms with E-state index in [1.807, 2.05) is 54.6 Å². The molecule has 6 aromatic carbocycles. The average molecular weight is 705 g/mol. The Morgan fingerprint density at radius 3 is 1.64 bits per heavy atom. The zero-order valence-corrected chi connectivity index (χ0v) is 28.1. The Morgan fingerprint density at radius 1 is 0.491 bits per heavy atom. The summed E-state index contributed by atoms with van der Waals surface area (Å²) >= 11 is 0. The van der Waals surface area contributed by atoms with Crippen LogP contribution in [0, 0.1) is 0 Å². The van der Waals surface area contributed by atoms with E-state index in [9.17, 15) is 40.9 Å². The molecule has 0 unspecified atom stereocenters. The van der Waals surface area contributed by atoms with Gasteiger partial charge in [0.25, 0.3) is 0 Å². The van der Waals surface area contributed by atoms with Gasteiger partial charge in [0.15, 0.2) is 23.0 Å². The Kier molecular flexibility index (Phi) is 7.10. The molecule has 53 heavy (non-hydrogen) atoms. The van der Waals surface area contributed by atoms with Gasteiger partial charge in [0, 0.05) is 50.0 Å². The minimum atomic E-state index is -1.01. The van der Waals surface area contributed by atoms with Gasteiger partial charge >= 0.3 is 0 Å². The van der Waals surface area contributed by atoms with Gasteiger partial charge < -0.3 is 45.3 Å². The normalized spacial score (nSPS) is 14.1. The third kappa shape index (κ3) is 4.63. The number of furan rings is 1. The van der Waals surface area contributed by atoms with Crippen LogP contribution in [0.5, 0.6) is 46.0 Å². The first-order chi connectivity index (χ1) is 25.7. The molecule has 0 bridgehead atoms. The van der Waals surface area contributed by atoms with E-state index >= 15 is 0 Å². The second-order valence-corrected chi connectivity index (χ2v) is 13.4. The van der Waals surface area contributed by atoms with E-state index in [2.05, 4.69) is 18.2 Å². The highest BCUT2D eigenvalue weighted by atomic mass is 16.4. The number of para-hydroxylation sites is 1. The first-order valence-corrected chi connectivity index (χ1v) is 17.2. The molecule has 2 aliphatic carbocycles. The molecule has 8 N–H and O–H groups in total. The SMILES string of the molecule is Oc1c(O)c(O)c2c(-c3ccccc3-c3ccc(C4=CCCC=C4)cc3)c3c(O)c(O)c(O)c(O)c3c(C3=Cc4c(oc5ccccc45)CC3)c2c1O. The van der Waals surface area contributed by atoms with Gasteiger partial charge in [-0.15, -0.1) is 0 Å². The van der Waals surface area contributed by atoms with Crippen LogP contribution in [0.25, 0.3) is 72.0 Å². The van der Waals surface area contributed by atoms with E-state index in [-0.39, 0.29) is 39.1 Å². The van der Waals surface area contributed by atoms with Crippen molar-refractivity contribution in [2.24, 2.45) is 0 Å². The van der Waals surface area contributed by atoms with Gasteiger partial charge in [-0.05, 0) is 64.8 Å². The van der Waals surface area contributed by atoms with Crippen molar-refractivity contribution in [3.63, 3.8) is 0 Å². The Hall–Kier alpha value is -7.00. The zero-order chi connectivity index (χ0) is 36.7. The maximum atomic E-state index is 11.8. The third-order valence-corrected chi connectivity index (χ3v) is 10.5. The van der Waals surface area contributed by atoms with Crippen LogP contribution in [0.1, 0.15) is 41.7 Å². The van der Waals surface area contributed by atoms with Crippen LogP contribution in [-0.2, 0) is 6.42 Å². The minimum absolute atomic E-state index is 0.00779. The molecule has 2 aliphatic rings. The van der Waals surface area contributed by atoms with Crippen molar-refractivity contribution in [3.8, 4) is 68.2 Å². The quantitative estimate of drug-likeness (QED) is 0.0504. The first kappa shape index (κ1) is 31.9. The van der Waals surface area contributed by atoms with Crippen LogP contribution >= 0.6 is 0 Å². The molecule has 262 valence electrons. The molecule has 9 heteroatoms. The number of allylic oxidation sites excluding steroid dienone is 5. The summed E-state index contributed by atoms with van der Waals surface area (Å²) in [4.78, 5) is 0. The molecule has 0 fully saturated rings. The highest BCUT2D eigenvalue weighted by molar-refractivity contribution is 6.28. The fourth-order valence-corrected chi connectivity index (χ4v) is 7.98. The second-order valence-electron chi connectivity index (χ2n) is 13.4. The molecule has 0 aliphatic heterocycles. The summed E-state index contributed by atoms with van der Waals surface area (Å²) in [7, 11) is 0. The van der Waals surface area contributed by atoms with Crippen molar-refractivity contribution in [1.29, 1.82) is 0 Å². The lowest BCUT2D eigenvalue weighted by Gasteiger charge is -2.25. The summed E-state index contributed by atoms with van der Waals surface area (Å²) in [6, 6.07) is 22.3. The Bertz CT molecular complexity index is 2720. The second kappa shape index (κ2) is 11.8. The van der Waals surface area contributed by atoms with Crippen molar-refractivity contribution in [2.45, 2.75) is 25.7 Å². The van der Waals surface area contributed by atoms with Gasteiger partial charge in [-0.1, -0.05) is 85.0 Å². The highest BCUT2D eigenvalue weighted by Crippen LogP contribution is 2.62. The maximum absolute atomic E-state index is 11.8. The van der Waals surface area contributed by atoms with E-state index in [0.29, 0.717) is 34.5 Å².